The zero-order valence-corrected chi connectivity index (χ0v) is 20.3. The van der Waals surface area contributed by atoms with Crippen molar-refractivity contribution in [1.82, 2.24) is 4.72 Å². The number of nitro groups is 1. The van der Waals surface area contributed by atoms with Gasteiger partial charge in [-0.05, 0) is 24.5 Å². The van der Waals surface area contributed by atoms with Gasteiger partial charge in [0.25, 0.3) is 5.91 Å². The summed E-state index contributed by atoms with van der Waals surface area (Å²) in [6, 6.07) is 1.36. The number of nitrogens with zero attached hydrogens (tertiary/aromatic N) is 1. The minimum atomic E-state index is -4.54. The van der Waals surface area contributed by atoms with Crippen molar-refractivity contribution in [2.45, 2.75) is 57.1 Å². The number of carbonyl (C=O) groups is 2. The molecular weight excluding hydrogens is 506 g/mol. The number of furan rings is 1. The van der Waals surface area contributed by atoms with Crippen molar-refractivity contribution in [1.29, 1.82) is 0 Å². The quantitative estimate of drug-likeness (QED) is 0.107. The first-order chi connectivity index (χ1) is 16.8. The molecule has 1 aliphatic rings. The van der Waals surface area contributed by atoms with Crippen molar-refractivity contribution in [2.24, 2.45) is 11.7 Å². The molecule has 0 radical (unpaired) electrons. The molecule has 15 nitrogen and oxygen atoms in total. The smallest absolute Gasteiger partial charge is 0.433 e. The maximum atomic E-state index is 12.0. The summed E-state index contributed by atoms with van der Waals surface area (Å²) in [6.07, 6.45) is -2.82. The van der Waals surface area contributed by atoms with Crippen LogP contribution in [-0.2, 0) is 33.6 Å². The number of hydrogen-bond donors (Lipinski definition) is 4. The molecule has 16 heteroatoms. The Kier molecular flexibility index (Phi) is 10.5. The molecule has 1 aromatic heterocycles. The first-order valence-corrected chi connectivity index (χ1v) is 12.3. The van der Waals surface area contributed by atoms with E-state index < -0.39 is 70.1 Å². The fraction of sp³-hybridized carbons (Fsp3) is 0.600. The maximum Gasteiger partial charge on any atom is 0.433 e. The van der Waals surface area contributed by atoms with E-state index in [2.05, 4.69) is 4.18 Å². The van der Waals surface area contributed by atoms with E-state index in [-0.39, 0.29) is 31.1 Å². The van der Waals surface area contributed by atoms with Gasteiger partial charge in [0.2, 0.25) is 0 Å². The molecule has 0 bridgehead atoms. The number of hydrogen-bond acceptors (Lipinski definition) is 13. The molecule has 1 amide bonds. The second kappa shape index (κ2) is 12.9. The lowest BCUT2D eigenvalue weighted by Crippen LogP contribution is -2.45. The molecule has 1 aliphatic heterocycles. The van der Waals surface area contributed by atoms with Crippen LogP contribution in [0.4, 0.5) is 5.88 Å². The van der Waals surface area contributed by atoms with Crippen LogP contribution in [0.15, 0.2) is 22.6 Å². The predicted molar refractivity (Wildman–Crippen MR) is 121 cm³/mol. The van der Waals surface area contributed by atoms with Crippen molar-refractivity contribution in [3.63, 3.8) is 0 Å². The van der Waals surface area contributed by atoms with Gasteiger partial charge >= 0.3 is 22.2 Å². The lowest BCUT2D eigenvalue weighted by molar-refractivity contribution is -0.402. The highest BCUT2D eigenvalue weighted by molar-refractivity contribution is 7.85. The zero-order chi connectivity index (χ0) is 27.0. The Morgan fingerprint density at radius 3 is 2.56 bits per heavy atom. The molecule has 5 unspecified atom stereocenters. The molecule has 0 spiro atoms. The average molecular weight is 536 g/mol. The predicted octanol–water partition coefficient (Wildman–Crippen LogP) is -0.625. The zero-order valence-electron chi connectivity index (χ0n) is 19.5. The Morgan fingerprint density at radius 2 is 1.94 bits per heavy atom. The number of aliphatic hydroxyl groups is 2. The Balaban J connectivity index is 1.77. The third-order valence-corrected chi connectivity index (χ3v) is 5.86. The third-order valence-electron chi connectivity index (χ3n) is 4.96. The molecule has 1 fully saturated rings. The monoisotopic (exact) mass is 535 g/mol. The van der Waals surface area contributed by atoms with Gasteiger partial charge in [-0.3, -0.25) is 19.1 Å². The highest BCUT2D eigenvalue weighted by atomic mass is 32.2. The summed E-state index contributed by atoms with van der Waals surface area (Å²) in [6.45, 7) is 2.69. The number of ether oxygens (including phenoxy) is 2. The number of rotatable bonds is 13. The second-order valence-electron chi connectivity index (χ2n) is 8.36. The fourth-order valence-corrected chi connectivity index (χ4v) is 3.98. The average Bonchev–Trinajstić information content (AvgIpc) is 3.36. The van der Waals surface area contributed by atoms with Gasteiger partial charge in [0.15, 0.2) is 0 Å². The Labute approximate surface area is 206 Å². The van der Waals surface area contributed by atoms with Crippen LogP contribution in [0, 0.1) is 16.0 Å². The lowest BCUT2D eigenvalue weighted by Gasteiger charge is -2.16. The van der Waals surface area contributed by atoms with Gasteiger partial charge in [-0.25, -0.2) is 9.52 Å². The number of amides is 1. The van der Waals surface area contributed by atoms with Gasteiger partial charge in [-0.1, -0.05) is 13.8 Å². The van der Waals surface area contributed by atoms with Crippen LogP contribution < -0.4 is 10.5 Å². The molecule has 0 aliphatic carbocycles. The van der Waals surface area contributed by atoms with Crippen LogP contribution in [0.25, 0.3) is 6.08 Å². The summed E-state index contributed by atoms with van der Waals surface area (Å²) in [7, 11) is -4.54. The molecule has 2 heterocycles. The van der Waals surface area contributed by atoms with Gasteiger partial charge < -0.3 is 29.8 Å². The van der Waals surface area contributed by atoms with Crippen LogP contribution in [0.5, 0.6) is 0 Å². The molecule has 36 heavy (non-hydrogen) atoms. The molecule has 0 aromatic carbocycles. The normalized spacial score (nSPS) is 23.2. The number of nitrogens with one attached hydrogen (secondary N) is 1. The van der Waals surface area contributed by atoms with E-state index in [0.29, 0.717) is 0 Å². The molecule has 1 aromatic rings. The summed E-state index contributed by atoms with van der Waals surface area (Å²) < 4.78 is 45.6. The van der Waals surface area contributed by atoms with Crippen LogP contribution >= 0.6 is 0 Å². The van der Waals surface area contributed by atoms with Crippen molar-refractivity contribution in [2.75, 3.05) is 13.2 Å². The molecule has 0 saturated carbocycles. The largest absolute Gasteiger partial charge is 0.462 e. The van der Waals surface area contributed by atoms with E-state index >= 15 is 0 Å². The standard InChI is InChI=1S/C20H29N3O12S/c1-11(2)9-13(21)20(27)22-36(30,31)33-10-15-19(26)18(25)14(35-15)7-8-32-17(24)6-4-12-3-5-16(34-12)23(28)29/h3-6,11,13-15,18-19,25-26H,7-10,21H2,1-2H3,(H,22,27). The number of carbonyl (C=O) groups excluding carboxylic acids is 2. The van der Waals surface area contributed by atoms with E-state index in [0.717, 1.165) is 12.1 Å². The van der Waals surface area contributed by atoms with Gasteiger partial charge in [-0.15, -0.1) is 0 Å². The fourth-order valence-electron chi connectivity index (χ4n) is 3.21. The van der Waals surface area contributed by atoms with Crippen LogP contribution in [0.3, 0.4) is 0 Å². The summed E-state index contributed by atoms with van der Waals surface area (Å²) in [5, 5.41) is 30.8. The highest BCUT2D eigenvalue weighted by Gasteiger charge is 2.43. The lowest BCUT2D eigenvalue weighted by atomic mass is 10.0. The first-order valence-electron chi connectivity index (χ1n) is 10.9. The topological polar surface area (TPSA) is 231 Å². The minimum absolute atomic E-state index is 0.0475. The molecular formula is C20H29N3O12S. The van der Waals surface area contributed by atoms with Gasteiger partial charge in [0.05, 0.1) is 31.4 Å². The van der Waals surface area contributed by atoms with Gasteiger partial charge in [0, 0.05) is 12.5 Å². The van der Waals surface area contributed by atoms with Crippen LogP contribution in [0.2, 0.25) is 0 Å². The number of esters is 1. The van der Waals surface area contributed by atoms with Crippen molar-refractivity contribution < 1.29 is 51.2 Å². The summed E-state index contributed by atoms with van der Waals surface area (Å²) in [4.78, 5) is 33.5. The van der Waals surface area contributed by atoms with E-state index in [4.69, 9.17) is 19.6 Å². The molecule has 202 valence electrons. The van der Waals surface area contributed by atoms with E-state index in [1.54, 1.807) is 4.72 Å². The molecule has 5 N–H and O–H groups in total. The first kappa shape index (κ1) is 29.3. The maximum absolute atomic E-state index is 12.0. The SMILES string of the molecule is CC(C)CC(N)C(=O)NS(=O)(=O)OCC1OC(CCOC(=O)C=Cc2ccc([N+](=O)[O-])o2)C(O)C1O. The van der Waals surface area contributed by atoms with Crippen LogP contribution in [-0.4, -0.2) is 79.1 Å². The summed E-state index contributed by atoms with van der Waals surface area (Å²) in [5.74, 6) is -2.12. The Morgan fingerprint density at radius 1 is 1.28 bits per heavy atom. The Bertz CT molecular complexity index is 1050. The summed E-state index contributed by atoms with van der Waals surface area (Å²) >= 11 is 0. The summed E-state index contributed by atoms with van der Waals surface area (Å²) in [5.41, 5.74) is 5.63. The van der Waals surface area contributed by atoms with E-state index in [1.165, 1.54) is 12.1 Å². The van der Waals surface area contributed by atoms with Crippen molar-refractivity contribution >= 4 is 34.1 Å². The van der Waals surface area contributed by atoms with E-state index in [9.17, 15) is 38.3 Å². The van der Waals surface area contributed by atoms with Crippen molar-refractivity contribution in [3.05, 3.63) is 34.1 Å². The third kappa shape index (κ3) is 8.96. The highest BCUT2D eigenvalue weighted by Crippen LogP contribution is 2.24. The van der Waals surface area contributed by atoms with E-state index in [1.807, 2.05) is 13.8 Å². The molecule has 1 saturated heterocycles. The minimum Gasteiger partial charge on any atom is -0.462 e. The number of nitrogens with two attached hydrogens (primary N) is 1. The Hall–Kier alpha value is -2.89. The van der Waals surface area contributed by atoms with Crippen molar-refractivity contribution in [3.8, 4) is 0 Å². The van der Waals surface area contributed by atoms with Gasteiger partial charge in [0.1, 0.15) is 29.0 Å². The molecule has 5 atom stereocenters. The molecule has 2 rings (SSSR count). The van der Waals surface area contributed by atoms with Gasteiger partial charge in [-0.2, -0.15) is 8.42 Å². The second-order valence-corrected chi connectivity index (χ2v) is 9.71. The van der Waals surface area contributed by atoms with Crippen LogP contribution in [0.1, 0.15) is 32.4 Å². The number of aliphatic hydroxyl groups excluding tert-OH is 2.